The van der Waals surface area contributed by atoms with Crippen LogP contribution in [0.1, 0.15) is 26.2 Å². The second-order valence-corrected chi connectivity index (χ2v) is 4.87. The van der Waals surface area contributed by atoms with Crippen LogP contribution in [-0.4, -0.2) is 5.97 Å². The molecule has 1 unspecified atom stereocenters. The summed E-state index contributed by atoms with van der Waals surface area (Å²) in [6.07, 6.45) is 6.21. The highest BCUT2D eigenvalue weighted by Crippen LogP contribution is 2.45. The lowest BCUT2D eigenvalue weighted by atomic mass is 9.76. The highest BCUT2D eigenvalue weighted by atomic mass is 79.9. The number of allylic oxidation sites excluding steroid dienone is 4. The molecule has 1 aliphatic carbocycles. The first-order chi connectivity index (χ1) is 6.10. The van der Waals surface area contributed by atoms with Crippen molar-refractivity contribution in [1.82, 2.24) is 0 Å². The molecule has 0 amide bonds. The Labute approximate surface area is 85.8 Å². The Morgan fingerprint density at radius 1 is 1.54 bits per heavy atom. The smallest absolute Gasteiger partial charge is 0.310 e. The fourth-order valence-corrected chi connectivity index (χ4v) is 2.56. The molecule has 0 aromatic heterocycles. The van der Waals surface area contributed by atoms with E-state index < -0.39 is 0 Å². The summed E-state index contributed by atoms with van der Waals surface area (Å²) in [5.74, 6) is 0.724. The van der Waals surface area contributed by atoms with Crippen molar-refractivity contribution in [2.24, 2.45) is 5.41 Å². The van der Waals surface area contributed by atoms with Crippen molar-refractivity contribution in [2.75, 3.05) is 0 Å². The highest BCUT2D eigenvalue weighted by Gasteiger charge is 2.38. The standard InChI is InChI=1S/C10H11BrO2/c1-10-5-4-9(12)13-8(10)3-2-7(11)6-10/h2-3H,4-6H2,1H3. The van der Waals surface area contributed by atoms with E-state index in [4.69, 9.17) is 4.74 Å². The molecule has 2 nitrogen and oxygen atoms in total. The molecule has 0 aromatic carbocycles. The van der Waals surface area contributed by atoms with Gasteiger partial charge in [-0.1, -0.05) is 22.9 Å². The number of carbonyl (C=O) groups is 1. The van der Waals surface area contributed by atoms with E-state index in [2.05, 4.69) is 22.9 Å². The van der Waals surface area contributed by atoms with E-state index in [0.29, 0.717) is 6.42 Å². The van der Waals surface area contributed by atoms with Crippen LogP contribution in [0.25, 0.3) is 0 Å². The second kappa shape index (κ2) is 2.98. The molecule has 0 bridgehead atoms. The first kappa shape index (κ1) is 9.00. The molecule has 0 saturated carbocycles. The Kier molecular flexibility index (Phi) is 2.06. The normalized spacial score (nSPS) is 32.9. The SMILES string of the molecule is CC12CCC(=O)OC1=CC=C(Br)C2. The predicted octanol–water partition coefficient (Wildman–Crippen LogP) is 2.90. The Bertz CT molecular complexity index is 317. The van der Waals surface area contributed by atoms with Crippen molar-refractivity contribution < 1.29 is 9.53 Å². The van der Waals surface area contributed by atoms with Gasteiger partial charge >= 0.3 is 5.97 Å². The van der Waals surface area contributed by atoms with Crippen LogP contribution in [0.4, 0.5) is 0 Å². The first-order valence-electron chi connectivity index (χ1n) is 4.38. The van der Waals surface area contributed by atoms with Crippen LogP contribution in [-0.2, 0) is 9.53 Å². The van der Waals surface area contributed by atoms with Crippen LogP contribution < -0.4 is 0 Å². The van der Waals surface area contributed by atoms with E-state index in [1.165, 1.54) is 4.48 Å². The van der Waals surface area contributed by atoms with Gasteiger partial charge in [-0.05, 0) is 29.5 Å². The topological polar surface area (TPSA) is 26.3 Å². The molecule has 70 valence electrons. The summed E-state index contributed by atoms with van der Waals surface area (Å²) in [6.45, 7) is 2.14. The summed E-state index contributed by atoms with van der Waals surface area (Å²) in [6, 6.07) is 0. The van der Waals surface area contributed by atoms with Crippen molar-refractivity contribution in [1.29, 1.82) is 0 Å². The number of fused-ring (bicyclic) bond motifs is 1. The third-order valence-electron chi connectivity index (χ3n) is 2.67. The van der Waals surface area contributed by atoms with Crippen LogP contribution in [0.15, 0.2) is 22.4 Å². The van der Waals surface area contributed by atoms with Gasteiger partial charge in [0.25, 0.3) is 0 Å². The molecule has 3 heteroatoms. The Morgan fingerprint density at radius 3 is 3.08 bits per heavy atom. The Hall–Kier alpha value is -0.570. The van der Waals surface area contributed by atoms with Gasteiger partial charge in [-0.2, -0.15) is 0 Å². The number of hydrogen-bond acceptors (Lipinski definition) is 2. The average Bonchev–Trinajstić information content (AvgIpc) is 2.06. The Balaban J connectivity index is 2.32. The molecule has 1 heterocycles. The van der Waals surface area contributed by atoms with Gasteiger partial charge in [0.2, 0.25) is 0 Å². The number of esters is 1. The van der Waals surface area contributed by atoms with E-state index >= 15 is 0 Å². The number of rotatable bonds is 0. The van der Waals surface area contributed by atoms with Crippen molar-refractivity contribution in [2.45, 2.75) is 26.2 Å². The summed E-state index contributed by atoms with van der Waals surface area (Å²) >= 11 is 3.48. The lowest BCUT2D eigenvalue weighted by molar-refractivity contribution is -0.145. The molecule has 2 aliphatic rings. The minimum atomic E-state index is -0.102. The summed E-state index contributed by atoms with van der Waals surface area (Å²) in [4.78, 5) is 11.0. The fourth-order valence-electron chi connectivity index (χ4n) is 1.81. The van der Waals surface area contributed by atoms with Crippen molar-refractivity contribution in [3.05, 3.63) is 22.4 Å². The number of halogens is 1. The molecule has 0 spiro atoms. The summed E-state index contributed by atoms with van der Waals surface area (Å²) in [5, 5.41) is 0. The maximum Gasteiger partial charge on any atom is 0.310 e. The molecule has 1 atom stereocenters. The van der Waals surface area contributed by atoms with Gasteiger partial charge in [-0.3, -0.25) is 4.79 Å². The van der Waals surface area contributed by atoms with Crippen LogP contribution in [0.5, 0.6) is 0 Å². The zero-order valence-electron chi connectivity index (χ0n) is 7.47. The lowest BCUT2D eigenvalue weighted by Crippen LogP contribution is -2.30. The van der Waals surface area contributed by atoms with Gasteiger partial charge < -0.3 is 4.74 Å². The molecule has 0 radical (unpaired) electrons. The average molecular weight is 243 g/mol. The van der Waals surface area contributed by atoms with Gasteiger partial charge in [0.1, 0.15) is 5.76 Å². The van der Waals surface area contributed by atoms with Crippen LogP contribution in [0, 0.1) is 5.41 Å². The van der Waals surface area contributed by atoms with E-state index in [0.717, 1.165) is 18.6 Å². The first-order valence-corrected chi connectivity index (χ1v) is 5.17. The summed E-state index contributed by atoms with van der Waals surface area (Å²) in [7, 11) is 0. The zero-order valence-corrected chi connectivity index (χ0v) is 9.06. The third kappa shape index (κ3) is 1.57. The minimum Gasteiger partial charge on any atom is -0.430 e. The van der Waals surface area contributed by atoms with Gasteiger partial charge in [0.05, 0.1) is 0 Å². The quantitative estimate of drug-likeness (QED) is 0.611. The maximum absolute atomic E-state index is 11.0. The molecule has 0 N–H and O–H groups in total. The molecular weight excluding hydrogens is 232 g/mol. The minimum absolute atomic E-state index is 0.0293. The van der Waals surface area contributed by atoms with Crippen molar-refractivity contribution >= 4 is 21.9 Å². The van der Waals surface area contributed by atoms with Gasteiger partial charge in [0, 0.05) is 11.8 Å². The van der Waals surface area contributed by atoms with Crippen LogP contribution in [0.3, 0.4) is 0 Å². The number of carbonyl (C=O) groups excluding carboxylic acids is 1. The largest absolute Gasteiger partial charge is 0.430 e. The second-order valence-electron chi connectivity index (χ2n) is 3.86. The number of ether oxygens (including phenoxy) is 1. The number of hydrogen-bond donors (Lipinski definition) is 0. The molecule has 1 fully saturated rings. The predicted molar refractivity (Wildman–Crippen MR) is 53.1 cm³/mol. The van der Waals surface area contributed by atoms with Crippen molar-refractivity contribution in [3.63, 3.8) is 0 Å². The van der Waals surface area contributed by atoms with E-state index in [-0.39, 0.29) is 11.4 Å². The monoisotopic (exact) mass is 242 g/mol. The van der Waals surface area contributed by atoms with E-state index in [1.54, 1.807) is 0 Å². The fraction of sp³-hybridized carbons (Fsp3) is 0.500. The summed E-state index contributed by atoms with van der Waals surface area (Å²) < 4.78 is 6.38. The molecule has 2 rings (SSSR count). The third-order valence-corrected chi connectivity index (χ3v) is 3.22. The van der Waals surface area contributed by atoms with Crippen molar-refractivity contribution in [3.8, 4) is 0 Å². The highest BCUT2D eigenvalue weighted by molar-refractivity contribution is 9.11. The molecule has 13 heavy (non-hydrogen) atoms. The van der Waals surface area contributed by atoms with Crippen LogP contribution in [0.2, 0.25) is 0 Å². The molecular formula is C10H11BrO2. The van der Waals surface area contributed by atoms with E-state index in [9.17, 15) is 4.79 Å². The molecule has 0 aromatic rings. The summed E-state index contributed by atoms with van der Waals surface area (Å²) in [5.41, 5.74) is 0.0293. The zero-order chi connectivity index (χ0) is 9.47. The van der Waals surface area contributed by atoms with E-state index in [1.807, 2.05) is 12.2 Å². The lowest BCUT2D eigenvalue weighted by Gasteiger charge is -2.36. The van der Waals surface area contributed by atoms with Crippen LogP contribution >= 0.6 is 15.9 Å². The molecule has 1 aliphatic heterocycles. The maximum atomic E-state index is 11.0. The van der Waals surface area contributed by atoms with Gasteiger partial charge in [-0.25, -0.2) is 0 Å². The van der Waals surface area contributed by atoms with Gasteiger partial charge in [0.15, 0.2) is 0 Å². The Morgan fingerprint density at radius 2 is 2.31 bits per heavy atom. The van der Waals surface area contributed by atoms with Gasteiger partial charge in [-0.15, -0.1) is 0 Å². The molecule has 1 saturated heterocycles.